The van der Waals surface area contributed by atoms with Crippen molar-refractivity contribution in [1.29, 1.82) is 0 Å². The molecular weight excluding hydrogens is 516 g/mol. The van der Waals surface area contributed by atoms with Gasteiger partial charge < -0.3 is 19.5 Å². The van der Waals surface area contributed by atoms with E-state index in [2.05, 4.69) is 5.32 Å². The Hall–Kier alpha value is -3.18. The van der Waals surface area contributed by atoms with Gasteiger partial charge in [0.05, 0.1) is 49.8 Å². The standard InChI is InChI=1S/C26H30N2O7S2/c1-8-35-22(31)18-16(20(29)33-6)17(21(30)34-7)19(27-25(3,4)5)26(18)23(32)28(24(36)37-26)13-15-11-9-14(2)10-12-15/h9-12,27H,8,13H2,1-7H3. The molecule has 1 aromatic rings. The molecule has 1 amide bonds. The maximum absolute atomic E-state index is 14.3. The number of ether oxygens (including phenoxy) is 3. The summed E-state index contributed by atoms with van der Waals surface area (Å²) in [5.41, 5.74) is 0.220. The Morgan fingerprint density at radius 2 is 1.59 bits per heavy atom. The number of esters is 3. The average molecular weight is 547 g/mol. The number of methoxy groups -OCH3 is 2. The van der Waals surface area contributed by atoms with Crippen LogP contribution >= 0.6 is 24.0 Å². The number of benzene rings is 1. The van der Waals surface area contributed by atoms with Crippen LogP contribution in [0.5, 0.6) is 0 Å². The molecule has 0 radical (unpaired) electrons. The van der Waals surface area contributed by atoms with Crippen molar-refractivity contribution in [2.75, 3.05) is 20.8 Å². The molecule has 1 atom stereocenters. The highest BCUT2D eigenvalue weighted by molar-refractivity contribution is 8.25. The Bertz CT molecular complexity index is 1230. The van der Waals surface area contributed by atoms with E-state index in [0.29, 0.717) is 0 Å². The number of carbonyl (C=O) groups is 4. The van der Waals surface area contributed by atoms with Gasteiger partial charge in [-0.15, -0.1) is 0 Å². The second-order valence-electron chi connectivity index (χ2n) is 9.50. The van der Waals surface area contributed by atoms with E-state index in [9.17, 15) is 19.2 Å². The highest BCUT2D eigenvalue weighted by Gasteiger charge is 2.65. The molecular formula is C26H30N2O7S2. The first-order chi connectivity index (χ1) is 17.3. The molecule has 37 heavy (non-hydrogen) atoms. The molecule has 1 N–H and O–H groups in total. The maximum Gasteiger partial charge on any atom is 0.340 e. The molecule has 1 saturated heterocycles. The van der Waals surface area contributed by atoms with Crippen LogP contribution in [0.2, 0.25) is 0 Å². The van der Waals surface area contributed by atoms with E-state index < -0.39 is 34.1 Å². The smallest absolute Gasteiger partial charge is 0.340 e. The molecule has 1 aliphatic carbocycles. The minimum Gasteiger partial charge on any atom is -0.465 e. The van der Waals surface area contributed by atoms with Crippen molar-refractivity contribution in [2.24, 2.45) is 0 Å². The number of nitrogens with one attached hydrogen (secondary N) is 1. The summed E-state index contributed by atoms with van der Waals surface area (Å²) in [5.74, 6) is -3.42. The number of aryl methyl sites for hydroxylation is 1. The summed E-state index contributed by atoms with van der Waals surface area (Å²) in [6.07, 6.45) is 0. The van der Waals surface area contributed by atoms with Crippen LogP contribution in [0.1, 0.15) is 38.8 Å². The molecule has 11 heteroatoms. The van der Waals surface area contributed by atoms with Gasteiger partial charge in [-0.1, -0.05) is 53.8 Å². The summed E-state index contributed by atoms with van der Waals surface area (Å²) in [4.78, 5) is 55.3. The summed E-state index contributed by atoms with van der Waals surface area (Å²) >= 11 is 6.53. The van der Waals surface area contributed by atoms with Crippen molar-refractivity contribution < 1.29 is 33.4 Å². The first kappa shape index (κ1) is 28.4. The molecule has 0 bridgehead atoms. The summed E-state index contributed by atoms with van der Waals surface area (Å²) < 4.78 is 13.5. The van der Waals surface area contributed by atoms with Gasteiger partial charge in [0, 0.05) is 5.54 Å². The number of rotatable bonds is 7. The summed E-state index contributed by atoms with van der Waals surface area (Å²) in [6.45, 7) is 9.09. The van der Waals surface area contributed by atoms with E-state index in [1.807, 2.05) is 52.0 Å². The minimum atomic E-state index is -1.88. The minimum absolute atomic E-state index is 0.0269. The molecule has 0 saturated carbocycles. The lowest BCUT2D eigenvalue weighted by atomic mass is 9.93. The second kappa shape index (κ2) is 10.7. The van der Waals surface area contributed by atoms with Crippen molar-refractivity contribution in [3.8, 4) is 0 Å². The fourth-order valence-electron chi connectivity index (χ4n) is 4.15. The molecule has 1 spiro atoms. The number of hydrogen-bond acceptors (Lipinski definition) is 10. The molecule has 9 nitrogen and oxygen atoms in total. The molecule has 1 aliphatic heterocycles. The van der Waals surface area contributed by atoms with E-state index >= 15 is 0 Å². The molecule has 1 unspecified atom stereocenters. The highest BCUT2D eigenvalue weighted by atomic mass is 32.2. The second-order valence-corrected chi connectivity index (χ2v) is 11.4. The Morgan fingerprint density at radius 1 is 1.03 bits per heavy atom. The van der Waals surface area contributed by atoms with Gasteiger partial charge >= 0.3 is 17.9 Å². The van der Waals surface area contributed by atoms with Gasteiger partial charge in [-0.05, 0) is 40.2 Å². The number of amides is 1. The third kappa shape index (κ3) is 5.15. The van der Waals surface area contributed by atoms with Crippen LogP contribution in [0.25, 0.3) is 0 Å². The summed E-state index contributed by atoms with van der Waals surface area (Å²) in [7, 11) is 2.26. The lowest BCUT2D eigenvalue weighted by molar-refractivity contribution is -0.142. The first-order valence-corrected chi connectivity index (χ1v) is 12.8. The number of thiocarbonyl (C=S) groups is 1. The van der Waals surface area contributed by atoms with E-state index in [4.69, 9.17) is 26.4 Å². The topological polar surface area (TPSA) is 111 Å². The Kier molecular flexibility index (Phi) is 8.18. The molecule has 0 aromatic heterocycles. The first-order valence-electron chi connectivity index (χ1n) is 11.5. The van der Waals surface area contributed by atoms with Crippen molar-refractivity contribution in [1.82, 2.24) is 10.2 Å². The van der Waals surface area contributed by atoms with Crippen LogP contribution in [0.4, 0.5) is 0 Å². The molecule has 1 fully saturated rings. The zero-order valence-electron chi connectivity index (χ0n) is 21.8. The Morgan fingerprint density at radius 3 is 2.11 bits per heavy atom. The van der Waals surface area contributed by atoms with Crippen molar-refractivity contribution in [3.05, 3.63) is 57.8 Å². The molecule has 1 aromatic carbocycles. The molecule has 1 heterocycles. The molecule has 2 aliphatic rings. The van der Waals surface area contributed by atoms with Gasteiger partial charge in [-0.25, -0.2) is 14.4 Å². The van der Waals surface area contributed by atoms with Gasteiger partial charge in [-0.3, -0.25) is 9.69 Å². The van der Waals surface area contributed by atoms with Gasteiger partial charge in [0.2, 0.25) is 0 Å². The normalized spacial score (nSPS) is 19.6. The van der Waals surface area contributed by atoms with Crippen LogP contribution in [-0.2, 0) is 39.9 Å². The fraction of sp³-hybridized carbons (Fsp3) is 0.423. The predicted molar refractivity (Wildman–Crippen MR) is 142 cm³/mol. The van der Waals surface area contributed by atoms with E-state index in [1.54, 1.807) is 6.92 Å². The van der Waals surface area contributed by atoms with E-state index in [0.717, 1.165) is 37.1 Å². The number of nitrogens with zero attached hydrogens (tertiary/aromatic N) is 1. The van der Waals surface area contributed by atoms with Crippen molar-refractivity contribution in [3.63, 3.8) is 0 Å². The quantitative estimate of drug-likeness (QED) is 0.311. The zero-order chi connectivity index (χ0) is 27.7. The van der Waals surface area contributed by atoms with Crippen LogP contribution in [0.15, 0.2) is 46.7 Å². The lowest BCUT2D eigenvalue weighted by Gasteiger charge is -2.33. The van der Waals surface area contributed by atoms with Gasteiger partial charge in [0.15, 0.2) is 4.75 Å². The monoisotopic (exact) mass is 546 g/mol. The van der Waals surface area contributed by atoms with Crippen LogP contribution in [0, 0.1) is 6.92 Å². The van der Waals surface area contributed by atoms with Crippen molar-refractivity contribution in [2.45, 2.75) is 51.4 Å². The number of hydrogen-bond donors (Lipinski definition) is 1. The van der Waals surface area contributed by atoms with Crippen LogP contribution < -0.4 is 5.32 Å². The summed E-state index contributed by atoms with van der Waals surface area (Å²) in [5, 5.41) is 3.19. The van der Waals surface area contributed by atoms with Crippen LogP contribution in [-0.4, -0.2) is 64.1 Å². The SMILES string of the molecule is CCOC(=O)C1=C(C(=O)OC)C(C(=O)OC)=C(NC(C)(C)C)C12SC(=S)N(Cc1ccc(C)cc1)C2=O. The van der Waals surface area contributed by atoms with Gasteiger partial charge in [0.1, 0.15) is 4.32 Å². The largest absolute Gasteiger partial charge is 0.465 e. The van der Waals surface area contributed by atoms with Crippen molar-refractivity contribution >= 4 is 52.1 Å². The molecule has 198 valence electrons. The Labute approximate surface area is 225 Å². The maximum atomic E-state index is 14.3. The number of carbonyl (C=O) groups excluding carboxylic acids is 4. The molecule has 3 rings (SSSR count). The highest BCUT2D eigenvalue weighted by Crippen LogP contribution is 2.55. The van der Waals surface area contributed by atoms with Gasteiger partial charge in [0.25, 0.3) is 5.91 Å². The lowest BCUT2D eigenvalue weighted by Crippen LogP contribution is -2.50. The predicted octanol–water partition coefficient (Wildman–Crippen LogP) is 2.96. The zero-order valence-corrected chi connectivity index (χ0v) is 23.5. The Balaban J connectivity index is 2.34. The third-order valence-electron chi connectivity index (χ3n) is 5.68. The average Bonchev–Trinajstić information content (AvgIpc) is 3.24. The fourth-order valence-corrected chi connectivity index (χ4v) is 5.93. The van der Waals surface area contributed by atoms with Gasteiger partial charge in [-0.2, -0.15) is 0 Å². The van der Waals surface area contributed by atoms with E-state index in [1.165, 1.54) is 4.90 Å². The number of thioether (sulfide) groups is 1. The van der Waals surface area contributed by atoms with Crippen LogP contribution in [0.3, 0.4) is 0 Å². The third-order valence-corrected chi connectivity index (χ3v) is 7.44. The summed E-state index contributed by atoms with van der Waals surface area (Å²) in [6, 6.07) is 7.58. The van der Waals surface area contributed by atoms with E-state index in [-0.39, 0.29) is 39.9 Å².